The van der Waals surface area contributed by atoms with Gasteiger partial charge in [0.1, 0.15) is 29.4 Å². The van der Waals surface area contributed by atoms with E-state index in [-0.39, 0.29) is 178 Å². The molecular formula is C71H97N15O18. The Labute approximate surface area is 600 Å². The lowest BCUT2D eigenvalue weighted by molar-refractivity contribution is -0.141. The summed E-state index contributed by atoms with van der Waals surface area (Å²) in [5.41, 5.74) is 2.44. The molecule has 6 unspecified atom stereocenters. The molecule has 2 aromatic carbocycles. The molecule has 3 aromatic heterocycles. The Bertz CT molecular complexity index is 3650. The second-order valence-electron chi connectivity index (χ2n) is 27.1. The van der Waals surface area contributed by atoms with E-state index < -0.39 is 102 Å². The van der Waals surface area contributed by atoms with Crippen LogP contribution in [0.4, 0.5) is 4.79 Å². The van der Waals surface area contributed by atoms with Gasteiger partial charge in [-0.2, -0.15) is 0 Å². The number of hydrogen-bond donors (Lipinski definition) is 13. The Balaban J connectivity index is 0.964. The van der Waals surface area contributed by atoms with Crippen LogP contribution in [0.3, 0.4) is 0 Å². The van der Waals surface area contributed by atoms with E-state index in [1.807, 2.05) is 47.4 Å². The molecule has 1 aliphatic carbocycles. The second kappa shape index (κ2) is 41.8. The smallest absolute Gasteiger partial charge is 0.326 e. The Hall–Kier alpha value is -10.1. The van der Waals surface area contributed by atoms with Crippen molar-refractivity contribution in [3.8, 4) is 0 Å². The number of carboxylic acids is 5. The van der Waals surface area contributed by atoms with Gasteiger partial charge in [-0.15, -0.1) is 0 Å². The zero-order valence-electron chi connectivity index (χ0n) is 58.5. The highest BCUT2D eigenvalue weighted by Gasteiger charge is 2.35. The first-order chi connectivity index (χ1) is 49.8. The molecule has 1 saturated heterocycles. The highest BCUT2D eigenvalue weighted by atomic mass is 16.4. The van der Waals surface area contributed by atoms with Gasteiger partial charge in [0.15, 0.2) is 5.78 Å². The molecule has 5 aromatic rings. The Morgan fingerprint density at radius 1 is 0.500 bits per heavy atom. The molecule has 7 rings (SSSR count). The highest BCUT2D eigenvalue weighted by molar-refractivity contribution is 5.95. The van der Waals surface area contributed by atoms with Gasteiger partial charge in [0.2, 0.25) is 17.7 Å². The number of aromatic amines is 3. The number of nitrogens with one attached hydrogen (secondary N) is 8. The van der Waals surface area contributed by atoms with Crippen LogP contribution in [0.5, 0.6) is 0 Å². The van der Waals surface area contributed by atoms with Crippen molar-refractivity contribution in [2.45, 2.75) is 128 Å². The van der Waals surface area contributed by atoms with Crippen molar-refractivity contribution in [3.63, 3.8) is 0 Å². The first-order valence-electron chi connectivity index (χ1n) is 35.2. The van der Waals surface area contributed by atoms with Crippen molar-refractivity contribution in [1.82, 2.24) is 76.1 Å². The monoisotopic (exact) mass is 1450 g/mol. The lowest BCUT2D eigenvalue weighted by Crippen LogP contribution is -2.51. The number of urea groups is 1. The number of ketones is 4. The van der Waals surface area contributed by atoms with Gasteiger partial charge >= 0.3 is 35.9 Å². The van der Waals surface area contributed by atoms with Crippen LogP contribution in [0.15, 0.2) is 80.0 Å². The summed E-state index contributed by atoms with van der Waals surface area (Å²) in [4.78, 5) is 198. The summed E-state index contributed by atoms with van der Waals surface area (Å²) in [5, 5.41) is 62.9. The van der Waals surface area contributed by atoms with Gasteiger partial charge in [0.05, 0.1) is 63.0 Å². The molecule has 33 nitrogen and oxygen atoms in total. The maximum Gasteiger partial charge on any atom is 0.326 e. The standard InChI is InChI=1S/C71H97N15O18/c1-45(87)38-83-18-22-85(40-64(93)94)24-20-84(21-25-86(23-19-83)41-65(95)96)39-57(88)30-52(28-54-35-72-42-77-54)68(99)80-60(33-56-37-74-44-79-56)62(90)32-53(29-55-36-73-43-78-55)67(98)76-34-46-9-13-49(14-10-46)61(89)31-51(27-47-11-12-48-6-2-3-7-50(48)26-47)66(97)75-17-5-4-8-58(69(100)101)81-71(104)82-59(70(102)103)15-16-63(91)92/h2-3,6-7,11-12,26,35-37,42-44,46,49,51-53,58-60H,4-5,8-10,13-25,27-34,38-41H2,1H3,(H,72,77)(H,73,78)(H,74,79)(H,75,97)(H,76,98)(H,80,99)(H,91,92)(H,93,94)(H,95,96)(H,100,101)(H,102,103)(H2,81,82,104). The number of hydrogen-bond acceptors (Lipinski definition) is 20. The van der Waals surface area contributed by atoms with Crippen LogP contribution in [-0.2, 0) is 83.2 Å². The molecule has 0 radical (unpaired) electrons. The number of benzene rings is 2. The van der Waals surface area contributed by atoms with Crippen molar-refractivity contribution in [2.24, 2.45) is 29.6 Å². The van der Waals surface area contributed by atoms with E-state index in [2.05, 4.69) is 56.5 Å². The zero-order chi connectivity index (χ0) is 75.1. The number of fused-ring (bicyclic) bond motifs is 1. The number of Topliss-reactive ketones (excluding diaryl/α,β-unsaturated/α-hetero) is 4. The quantitative estimate of drug-likeness (QED) is 0.0248. The molecule has 1 aliphatic heterocycles. The van der Waals surface area contributed by atoms with E-state index >= 15 is 0 Å². The minimum absolute atomic E-state index is 0.0149. The summed E-state index contributed by atoms with van der Waals surface area (Å²) in [6, 6.07) is 8.26. The van der Waals surface area contributed by atoms with Crippen molar-refractivity contribution in [2.75, 3.05) is 91.6 Å². The van der Waals surface area contributed by atoms with Gasteiger partial charge in [-0.1, -0.05) is 42.5 Å². The Morgan fingerprint density at radius 3 is 1.52 bits per heavy atom. The molecule has 1 saturated carbocycles. The van der Waals surface area contributed by atoms with Crippen LogP contribution < -0.4 is 26.6 Å². The Morgan fingerprint density at radius 2 is 1.00 bits per heavy atom. The molecule has 5 amide bonds. The largest absolute Gasteiger partial charge is 0.481 e. The van der Waals surface area contributed by atoms with Gasteiger partial charge in [-0.05, 0) is 87.0 Å². The van der Waals surface area contributed by atoms with Crippen molar-refractivity contribution >= 4 is 87.5 Å². The molecule has 2 fully saturated rings. The fraction of sp³-hybridized carbons (Fsp3) is 0.549. The molecule has 104 heavy (non-hydrogen) atoms. The van der Waals surface area contributed by atoms with Gasteiger partial charge in [0.25, 0.3) is 0 Å². The SMILES string of the molecule is CC(=O)CN1CCN(CC(=O)O)CCN(CC(=O)CC(Cc2cnc[nH]2)C(=O)NC(Cc2cnc[nH]2)C(=O)CC(Cc2cnc[nH]2)C(=O)NCC2CCC(C(=O)CC(Cc3ccc4ccccc4c3)C(=O)NCCCCC(NC(=O)NC(CCC(=O)O)C(=O)O)C(=O)O)CC2)CCN(CC(=O)O)CC1. The molecule has 4 heterocycles. The lowest BCUT2D eigenvalue weighted by Gasteiger charge is -2.33. The second-order valence-corrected chi connectivity index (χ2v) is 27.1. The van der Waals surface area contributed by atoms with Gasteiger partial charge < -0.3 is 67.1 Å². The molecule has 33 heteroatoms. The predicted molar refractivity (Wildman–Crippen MR) is 374 cm³/mol. The van der Waals surface area contributed by atoms with Gasteiger partial charge in [0, 0.05) is 158 Å². The maximum atomic E-state index is 14.8. The minimum Gasteiger partial charge on any atom is -0.481 e. The van der Waals surface area contributed by atoms with E-state index in [1.54, 1.807) is 20.9 Å². The first kappa shape index (κ1) is 81.2. The topological polar surface area (TPSA) is 482 Å². The van der Waals surface area contributed by atoms with E-state index in [1.165, 1.54) is 38.3 Å². The third-order valence-electron chi connectivity index (χ3n) is 18.9. The predicted octanol–water partition coefficient (Wildman–Crippen LogP) is 1.75. The van der Waals surface area contributed by atoms with E-state index in [4.69, 9.17) is 5.11 Å². The molecule has 0 bridgehead atoms. The fourth-order valence-electron chi connectivity index (χ4n) is 13.2. The van der Waals surface area contributed by atoms with Gasteiger partial charge in [-0.3, -0.25) is 67.5 Å². The van der Waals surface area contributed by atoms with Crippen molar-refractivity contribution in [3.05, 3.63) is 103 Å². The molecule has 6 atom stereocenters. The number of aromatic nitrogens is 6. The van der Waals surface area contributed by atoms with Crippen LogP contribution in [0.25, 0.3) is 10.8 Å². The summed E-state index contributed by atoms with van der Waals surface area (Å²) in [5.74, 6) is -11.9. The zero-order valence-corrected chi connectivity index (χ0v) is 58.5. The van der Waals surface area contributed by atoms with E-state index in [0.29, 0.717) is 55.9 Å². The number of carbonyl (C=O) groups excluding carboxylic acids is 8. The molecule has 0 spiro atoms. The number of carboxylic acid groups (broad SMARTS) is 5. The molecule has 2 aliphatic rings. The number of imidazole rings is 3. The van der Waals surface area contributed by atoms with Crippen LogP contribution >= 0.6 is 0 Å². The van der Waals surface area contributed by atoms with E-state index in [9.17, 15) is 82.8 Å². The lowest BCUT2D eigenvalue weighted by atomic mass is 9.77. The first-order valence-corrected chi connectivity index (χ1v) is 35.2. The number of rotatable bonds is 42. The average molecular weight is 1450 g/mol. The normalized spacial score (nSPS) is 17.6. The van der Waals surface area contributed by atoms with Gasteiger partial charge in [-0.25, -0.2) is 29.3 Å². The van der Waals surface area contributed by atoms with E-state index in [0.717, 1.165) is 16.3 Å². The highest BCUT2D eigenvalue weighted by Crippen LogP contribution is 2.32. The van der Waals surface area contributed by atoms with Crippen molar-refractivity contribution in [1.29, 1.82) is 0 Å². The number of aliphatic carboxylic acids is 5. The number of unbranched alkanes of at least 4 members (excludes halogenated alkanes) is 1. The average Bonchev–Trinajstić information content (AvgIpc) is 0.970. The third kappa shape index (κ3) is 28.6. The number of carbonyl (C=O) groups is 13. The van der Waals surface area contributed by atoms with Crippen molar-refractivity contribution < 1.29 is 87.9 Å². The number of nitrogens with zero attached hydrogens (tertiary/aromatic N) is 7. The van der Waals surface area contributed by atoms with Crippen LogP contribution in [0.1, 0.15) is 107 Å². The summed E-state index contributed by atoms with van der Waals surface area (Å²) >= 11 is 0. The fourth-order valence-corrected chi connectivity index (χ4v) is 13.2. The summed E-state index contributed by atoms with van der Waals surface area (Å²) in [6.07, 6.45) is 10.0. The molecular weight excluding hydrogens is 1350 g/mol. The number of amides is 5. The summed E-state index contributed by atoms with van der Waals surface area (Å²) in [7, 11) is 0. The number of H-pyrrole nitrogens is 3. The third-order valence-corrected chi connectivity index (χ3v) is 18.9. The molecule has 564 valence electrons. The maximum absolute atomic E-state index is 14.8. The van der Waals surface area contributed by atoms with Crippen LogP contribution in [-0.4, -0.2) is 262 Å². The minimum atomic E-state index is -1.57. The summed E-state index contributed by atoms with van der Waals surface area (Å²) in [6.45, 7) is 3.23. The Kier molecular flexibility index (Phi) is 32.7. The van der Waals surface area contributed by atoms with Crippen LogP contribution in [0.2, 0.25) is 0 Å². The summed E-state index contributed by atoms with van der Waals surface area (Å²) < 4.78 is 0. The van der Waals surface area contributed by atoms with Crippen LogP contribution in [0, 0.1) is 29.6 Å². The molecule has 13 N–H and O–H groups in total.